The molecule has 0 aliphatic heterocycles. The van der Waals surface area contributed by atoms with Gasteiger partial charge in [0.2, 0.25) is 0 Å². The Morgan fingerprint density at radius 1 is 1.00 bits per heavy atom. The monoisotopic (exact) mass is 433 g/mol. The molecule has 1 saturated carbocycles. The van der Waals surface area contributed by atoms with Gasteiger partial charge in [-0.05, 0) is 77.9 Å². The lowest BCUT2D eigenvalue weighted by Gasteiger charge is -2.10. The third-order valence-corrected chi connectivity index (χ3v) is 5.25. The van der Waals surface area contributed by atoms with E-state index in [1.165, 1.54) is 24.3 Å². The maximum absolute atomic E-state index is 15.3. The molecule has 0 spiro atoms. The normalized spacial score (nSPS) is 14.6. The first-order chi connectivity index (χ1) is 15.0. The fraction of sp³-hybridized carbons (Fsp3) is 0.115. The molecule has 0 amide bonds. The lowest BCUT2D eigenvalue weighted by molar-refractivity contribution is 0.442. The minimum atomic E-state index is -0.569. The maximum atomic E-state index is 15.3. The fourth-order valence-corrected chi connectivity index (χ4v) is 3.45. The van der Waals surface area contributed by atoms with Crippen LogP contribution in [0.25, 0.3) is 11.1 Å². The molecule has 5 heteroatoms. The number of nitriles is 1. The lowest BCUT2D eigenvalue weighted by atomic mass is 9.98. The number of halogens is 3. The number of hydrogen-bond donors (Lipinski definition) is 0. The number of rotatable bonds is 6. The molecule has 0 heterocycles. The summed E-state index contributed by atoms with van der Waals surface area (Å²) in [5, 5.41) is 10.2. The van der Waals surface area contributed by atoms with E-state index in [0.29, 0.717) is 21.9 Å². The van der Waals surface area contributed by atoms with E-state index in [0.717, 1.165) is 18.4 Å². The van der Waals surface area contributed by atoms with Crippen LogP contribution in [-0.2, 0) is 0 Å². The van der Waals surface area contributed by atoms with Crippen molar-refractivity contribution in [1.29, 1.82) is 5.26 Å². The van der Waals surface area contributed by atoms with Crippen molar-refractivity contribution in [3.63, 3.8) is 0 Å². The highest BCUT2D eigenvalue weighted by Gasteiger charge is 2.29. The largest absolute Gasteiger partial charge is 0.454 e. The van der Waals surface area contributed by atoms with E-state index in [1.54, 1.807) is 48.5 Å². The van der Waals surface area contributed by atoms with Gasteiger partial charge in [-0.2, -0.15) is 5.26 Å². The van der Waals surface area contributed by atoms with E-state index in [9.17, 15) is 9.65 Å². The van der Waals surface area contributed by atoms with E-state index >= 15 is 4.39 Å². The SMILES string of the molecule is N#C/C(=C/C(F)=C(\c1ccc(Cl)cc1)C1CC1)c1ccc(F)c(Oc2ccccc2)c1. The zero-order chi connectivity index (χ0) is 21.8. The van der Waals surface area contributed by atoms with Crippen molar-refractivity contribution in [2.45, 2.75) is 12.8 Å². The van der Waals surface area contributed by atoms with Crippen molar-refractivity contribution in [2.75, 3.05) is 0 Å². The molecule has 3 aromatic carbocycles. The van der Waals surface area contributed by atoms with Gasteiger partial charge in [-0.1, -0.05) is 48.0 Å². The quantitative estimate of drug-likeness (QED) is 0.291. The fourth-order valence-electron chi connectivity index (χ4n) is 3.32. The van der Waals surface area contributed by atoms with Crippen molar-refractivity contribution in [2.24, 2.45) is 5.92 Å². The van der Waals surface area contributed by atoms with Crippen molar-refractivity contribution < 1.29 is 13.5 Å². The first-order valence-electron chi connectivity index (χ1n) is 9.85. The lowest BCUT2D eigenvalue weighted by Crippen LogP contribution is -1.93. The molecule has 0 bridgehead atoms. The molecule has 0 radical (unpaired) electrons. The Labute approximate surface area is 184 Å². The standard InChI is InChI=1S/C26H18ClF2NO/c27-21-11-8-18(9-12-21)26(17-6-7-17)24(29)14-20(16-30)19-10-13-23(28)25(15-19)31-22-4-2-1-3-5-22/h1-5,8-15,17H,6-7H2/b20-14-,26-24+. The zero-order valence-corrected chi connectivity index (χ0v) is 17.2. The van der Waals surface area contributed by atoms with Gasteiger partial charge in [0, 0.05) is 5.02 Å². The molecule has 31 heavy (non-hydrogen) atoms. The molecule has 0 unspecified atom stereocenters. The van der Waals surface area contributed by atoms with Gasteiger partial charge in [-0.15, -0.1) is 0 Å². The highest BCUT2D eigenvalue weighted by molar-refractivity contribution is 6.30. The number of para-hydroxylation sites is 1. The van der Waals surface area contributed by atoms with Crippen LogP contribution in [0, 0.1) is 23.1 Å². The second-order valence-corrected chi connectivity index (χ2v) is 7.71. The molecule has 1 aliphatic rings. The second-order valence-electron chi connectivity index (χ2n) is 7.27. The molecule has 0 saturated heterocycles. The van der Waals surface area contributed by atoms with Crippen molar-refractivity contribution in [3.8, 4) is 17.6 Å². The molecular weight excluding hydrogens is 416 g/mol. The summed E-state index contributed by atoms with van der Waals surface area (Å²) in [7, 11) is 0. The van der Waals surface area contributed by atoms with Crippen molar-refractivity contribution >= 4 is 22.7 Å². The van der Waals surface area contributed by atoms with Crippen LogP contribution in [0.15, 0.2) is 84.7 Å². The van der Waals surface area contributed by atoms with Crippen LogP contribution < -0.4 is 4.74 Å². The Hall–Kier alpha value is -3.42. The molecule has 1 aliphatic carbocycles. The number of benzene rings is 3. The Morgan fingerprint density at radius 3 is 2.32 bits per heavy atom. The summed E-state index contributed by atoms with van der Waals surface area (Å²) < 4.78 is 35.2. The van der Waals surface area contributed by atoms with Crippen LogP contribution in [0.3, 0.4) is 0 Å². The summed E-state index contributed by atoms with van der Waals surface area (Å²) in [5.41, 5.74) is 1.76. The summed E-state index contributed by atoms with van der Waals surface area (Å²) in [4.78, 5) is 0. The van der Waals surface area contributed by atoms with Gasteiger partial charge >= 0.3 is 0 Å². The van der Waals surface area contributed by atoms with Crippen LogP contribution in [0.4, 0.5) is 8.78 Å². The van der Waals surface area contributed by atoms with Gasteiger partial charge in [0.25, 0.3) is 0 Å². The Kier molecular flexibility index (Phi) is 6.16. The van der Waals surface area contributed by atoms with E-state index in [1.807, 2.05) is 12.1 Å². The van der Waals surface area contributed by atoms with Gasteiger partial charge in [-0.3, -0.25) is 0 Å². The average Bonchev–Trinajstić information content (AvgIpc) is 3.61. The third-order valence-electron chi connectivity index (χ3n) is 5.00. The van der Waals surface area contributed by atoms with Gasteiger partial charge in [0.15, 0.2) is 11.6 Å². The molecule has 0 N–H and O–H groups in total. The smallest absolute Gasteiger partial charge is 0.165 e. The number of hydrogen-bond acceptors (Lipinski definition) is 2. The van der Waals surface area contributed by atoms with Crippen LogP contribution in [0.5, 0.6) is 11.5 Å². The van der Waals surface area contributed by atoms with E-state index < -0.39 is 11.6 Å². The number of allylic oxidation sites excluding steroid dienone is 4. The van der Waals surface area contributed by atoms with Gasteiger partial charge in [0.1, 0.15) is 11.6 Å². The predicted octanol–water partition coefficient (Wildman–Crippen LogP) is 7.97. The number of ether oxygens (including phenoxy) is 1. The molecular formula is C26H18ClF2NO. The molecule has 0 atom stereocenters. The van der Waals surface area contributed by atoms with Crippen LogP contribution in [0.2, 0.25) is 5.02 Å². The molecule has 3 aromatic rings. The summed E-state index contributed by atoms with van der Waals surface area (Å²) in [6, 6.07) is 21.8. The zero-order valence-electron chi connectivity index (χ0n) is 16.5. The Morgan fingerprint density at radius 2 is 1.68 bits per heavy atom. The molecule has 4 rings (SSSR count). The van der Waals surface area contributed by atoms with Crippen LogP contribution in [-0.4, -0.2) is 0 Å². The minimum absolute atomic E-state index is 0.0330. The van der Waals surface area contributed by atoms with Gasteiger partial charge < -0.3 is 4.74 Å². The highest BCUT2D eigenvalue weighted by Crippen LogP contribution is 2.45. The van der Waals surface area contributed by atoms with Crippen molar-refractivity contribution in [3.05, 3.63) is 107 Å². The first kappa shape index (κ1) is 20.8. The molecule has 2 nitrogen and oxygen atoms in total. The summed E-state index contributed by atoms with van der Waals surface area (Å²) >= 11 is 5.96. The Bertz CT molecular complexity index is 1190. The van der Waals surface area contributed by atoms with Crippen LogP contribution >= 0.6 is 11.6 Å². The summed E-state index contributed by atoms with van der Waals surface area (Å²) in [6.07, 6.45) is 3.00. The summed E-state index contributed by atoms with van der Waals surface area (Å²) in [6.45, 7) is 0. The van der Waals surface area contributed by atoms with Gasteiger partial charge in [0.05, 0.1) is 11.6 Å². The van der Waals surface area contributed by atoms with E-state index in [4.69, 9.17) is 16.3 Å². The average molecular weight is 434 g/mol. The molecule has 0 aromatic heterocycles. The third kappa shape index (κ3) is 5.02. The number of nitrogens with zero attached hydrogens (tertiary/aromatic N) is 1. The highest BCUT2D eigenvalue weighted by atomic mass is 35.5. The van der Waals surface area contributed by atoms with Gasteiger partial charge in [-0.25, -0.2) is 8.78 Å². The first-order valence-corrected chi connectivity index (χ1v) is 10.2. The molecule has 154 valence electrons. The molecule has 1 fully saturated rings. The van der Waals surface area contributed by atoms with E-state index in [-0.39, 0.29) is 17.2 Å². The van der Waals surface area contributed by atoms with E-state index in [2.05, 4.69) is 0 Å². The topological polar surface area (TPSA) is 33.0 Å². The maximum Gasteiger partial charge on any atom is 0.165 e. The predicted molar refractivity (Wildman–Crippen MR) is 119 cm³/mol. The van der Waals surface area contributed by atoms with Crippen LogP contribution in [0.1, 0.15) is 24.0 Å². The Balaban J connectivity index is 1.70. The second kappa shape index (κ2) is 9.16. The minimum Gasteiger partial charge on any atom is -0.454 e. The summed E-state index contributed by atoms with van der Waals surface area (Å²) in [5.74, 6) is -0.500. The van der Waals surface area contributed by atoms with Crippen molar-refractivity contribution in [1.82, 2.24) is 0 Å².